The SMILES string of the molecule is N#CC(F)Cc1ccccc1Cl. The number of rotatable bonds is 2. The van der Waals surface area contributed by atoms with Crippen LogP contribution >= 0.6 is 11.6 Å². The Morgan fingerprint density at radius 2 is 2.17 bits per heavy atom. The molecule has 0 aliphatic carbocycles. The summed E-state index contributed by atoms with van der Waals surface area (Å²) in [6.45, 7) is 0. The van der Waals surface area contributed by atoms with Gasteiger partial charge in [0, 0.05) is 11.4 Å². The van der Waals surface area contributed by atoms with Crippen LogP contribution in [0, 0.1) is 11.3 Å². The standard InChI is InChI=1S/C9H7ClFN/c10-9-4-2-1-3-7(9)5-8(11)6-12/h1-4,8H,5H2. The van der Waals surface area contributed by atoms with Crippen molar-refractivity contribution in [1.29, 1.82) is 5.26 Å². The molecule has 0 aliphatic rings. The molecule has 0 aromatic heterocycles. The van der Waals surface area contributed by atoms with Crippen LogP contribution in [0.15, 0.2) is 24.3 Å². The van der Waals surface area contributed by atoms with Crippen LogP contribution in [0.3, 0.4) is 0 Å². The predicted molar refractivity (Wildman–Crippen MR) is 45.7 cm³/mol. The average Bonchev–Trinajstić information content (AvgIpc) is 2.09. The van der Waals surface area contributed by atoms with Crippen molar-refractivity contribution in [2.24, 2.45) is 0 Å². The van der Waals surface area contributed by atoms with E-state index in [1.54, 1.807) is 24.3 Å². The van der Waals surface area contributed by atoms with Crippen molar-refractivity contribution >= 4 is 11.6 Å². The molecule has 0 aliphatic heterocycles. The van der Waals surface area contributed by atoms with Crippen LogP contribution in [-0.4, -0.2) is 6.17 Å². The highest BCUT2D eigenvalue weighted by Crippen LogP contribution is 2.17. The van der Waals surface area contributed by atoms with E-state index in [9.17, 15) is 4.39 Å². The summed E-state index contributed by atoms with van der Waals surface area (Å²) in [4.78, 5) is 0. The fourth-order valence-electron chi connectivity index (χ4n) is 0.903. The summed E-state index contributed by atoms with van der Waals surface area (Å²) in [6.07, 6.45) is -1.40. The largest absolute Gasteiger partial charge is 0.231 e. The lowest BCUT2D eigenvalue weighted by atomic mass is 10.1. The molecule has 0 heterocycles. The van der Waals surface area contributed by atoms with Crippen LogP contribution in [0.2, 0.25) is 5.02 Å². The van der Waals surface area contributed by atoms with Gasteiger partial charge in [-0.25, -0.2) is 4.39 Å². The van der Waals surface area contributed by atoms with E-state index in [4.69, 9.17) is 16.9 Å². The highest BCUT2D eigenvalue weighted by molar-refractivity contribution is 6.31. The highest BCUT2D eigenvalue weighted by Gasteiger charge is 2.07. The molecule has 0 radical (unpaired) electrons. The Morgan fingerprint density at radius 1 is 1.50 bits per heavy atom. The fourth-order valence-corrected chi connectivity index (χ4v) is 1.12. The summed E-state index contributed by atoms with van der Waals surface area (Å²) < 4.78 is 12.6. The van der Waals surface area contributed by atoms with Crippen LogP contribution in [0.25, 0.3) is 0 Å². The lowest BCUT2D eigenvalue weighted by Gasteiger charge is -2.01. The van der Waals surface area contributed by atoms with Gasteiger partial charge in [-0.3, -0.25) is 0 Å². The number of halogens is 2. The Labute approximate surface area is 75.4 Å². The molecule has 1 aromatic carbocycles. The number of hydrogen-bond donors (Lipinski definition) is 0. The van der Waals surface area contributed by atoms with Crippen molar-refractivity contribution < 1.29 is 4.39 Å². The molecule has 1 atom stereocenters. The molecule has 1 rings (SSSR count). The molecule has 0 spiro atoms. The predicted octanol–water partition coefficient (Wildman–Crippen LogP) is 2.74. The maximum absolute atomic E-state index is 12.6. The maximum Gasteiger partial charge on any atom is 0.190 e. The van der Waals surface area contributed by atoms with Crippen molar-refractivity contribution in [3.8, 4) is 6.07 Å². The van der Waals surface area contributed by atoms with E-state index in [-0.39, 0.29) is 6.42 Å². The number of benzene rings is 1. The molecule has 1 aromatic rings. The maximum atomic E-state index is 12.6. The van der Waals surface area contributed by atoms with Gasteiger partial charge in [0.15, 0.2) is 6.17 Å². The second-order valence-electron chi connectivity index (χ2n) is 2.39. The average molecular weight is 184 g/mol. The first-order chi connectivity index (χ1) is 5.74. The first-order valence-corrected chi connectivity index (χ1v) is 3.89. The van der Waals surface area contributed by atoms with Gasteiger partial charge in [-0.2, -0.15) is 5.26 Å². The summed E-state index contributed by atoms with van der Waals surface area (Å²) in [6, 6.07) is 8.45. The fraction of sp³-hybridized carbons (Fsp3) is 0.222. The zero-order valence-corrected chi connectivity index (χ0v) is 7.05. The third-order valence-electron chi connectivity index (χ3n) is 1.50. The Balaban J connectivity index is 2.77. The van der Waals surface area contributed by atoms with Crippen molar-refractivity contribution in [3.63, 3.8) is 0 Å². The molecule has 0 fully saturated rings. The molecule has 0 bridgehead atoms. The summed E-state index contributed by atoms with van der Waals surface area (Å²) in [5.41, 5.74) is 0.674. The van der Waals surface area contributed by atoms with Gasteiger partial charge in [-0.1, -0.05) is 29.8 Å². The van der Waals surface area contributed by atoms with Gasteiger partial charge in [0.05, 0.1) is 0 Å². The van der Waals surface area contributed by atoms with E-state index in [0.29, 0.717) is 10.6 Å². The second kappa shape index (κ2) is 4.08. The molecular formula is C9H7ClFN. The van der Waals surface area contributed by atoms with Crippen LogP contribution in [0.1, 0.15) is 5.56 Å². The van der Waals surface area contributed by atoms with E-state index >= 15 is 0 Å². The van der Waals surface area contributed by atoms with E-state index in [0.717, 1.165) is 0 Å². The second-order valence-corrected chi connectivity index (χ2v) is 2.80. The van der Waals surface area contributed by atoms with Gasteiger partial charge < -0.3 is 0 Å². The molecule has 12 heavy (non-hydrogen) atoms. The normalized spacial score (nSPS) is 12.1. The van der Waals surface area contributed by atoms with Crippen molar-refractivity contribution in [2.75, 3.05) is 0 Å². The smallest absolute Gasteiger partial charge is 0.190 e. The molecular weight excluding hydrogens is 177 g/mol. The van der Waals surface area contributed by atoms with Crippen LogP contribution in [0.4, 0.5) is 4.39 Å². The summed E-state index contributed by atoms with van der Waals surface area (Å²) >= 11 is 5.75. The van der Waals surface area contributed by atoms with E-state index < -0.39 is 6.17 Å². The minimum atomic E-state index is -1.47. The first-order valence-electron chi connectivity index (χ1n) is 3.51. The third-order valence-corrected chi connectivity index (χ3v) is 1.87. The molecule has 3 heteroatoms. The van der Waals surface area contributed by atoms with Crippen LogP contribution in [0.5, 0.6) is 0 Å². The molecule has 0 saturated carbocycles. The van der Waals surface area contributed by atoms with Crippen molar-refractivity contribution in [3.05, 3.63) is 34.9 Å². The Kier molecular flexibility index (Phi) is 3.07. The van der Waals surface area contributed by atoms with Gasteiger partial charge in [-0.15, -0.1) is 0 Å². The number of nitriles is 1. The molecule has 1 nitrogen and oxygen atoms in total. The summed E-state index contributed by atoms with van der Waals surface area (Å²) in [5.74, 6) is 0. The third kappa shape index (κ3) is 2.21. The number of alkyl halides is 1. The summed E-state index contributed by atoms with van der Waals surface area (Å²) in [5, 5.41) is 8.73. The Bertz CT molecular complexity index is 306. The number of nitrogens with zero attached hydrogens (tertiary/aromatic N) is 1. The number of hydrogen-bond acceptors (Lipinski definition) is 1. The topological polar surface area (TPSA) is 23.8 Å². The monoisotopic (exact) mass is 183 g/mol. The first kappa shape index (κ1) is 9.02. The lowest BCUT2D eigenvalue weighted by molar-refractivity contribution is 0.407. The zero-order chi connectivity index (χ0) is 8.97. The Morgan fingerprint density at radius 3 is 2.75 bits per heavy atom. The van der Waals surface area contributed by atoms with Gasteiger partial charge in [0.1, 0.15) is 6.07 Å². The van der Waals surface area contributed by atoms with Crippen molar-refractivity contribution in [1.82, 2.24) is 0 Å². The minimum absolute atomic E-state index is 0.0656. The van der Waals surface area contributed by atoms with Gasteiger partial charge >= 0.3 is 0 Å². The quantitative estimate of drug-likeness (QED) is 0.692. The van der Waals surface area contributed by atoms with Gasteiger partial charge in [-0.05, 0) is 11.6 Å². The van der Waals surface area contributed by atoms with Gasteiger partial charge in [0.2, 0.25) is 0 Å². The highest BCUT2D eigenvalue weighted by atomic mass is 35.5. The molecule has 1 unspecified atom stereocenters. The summed E-state index contributed by atoms with van der Waals surface area (Å²) in [7, 11) is 0. The lowest BCUT2D eigenvalue weighted by Crippen LogP contribution is -2.00. The molecule has 0 N–H and O–H groups in total. The molecule has 0 saturated heterocycles. The van der Waals surface area contributed by atoms with Crippen LogP contribution in [-0.2, 0) is 6.42 Å². The zero-order valence-electron chi connectivity index (χ0n) is 6.30. The van der Waals surface area contributed by atoms with Gasteiger partial charge in [0.25, 0.3) is 0 Å². The molecule has 0 amide bonds. The van der Waals surface area contributed by atoms with E-state index in [1.165, 1.54) is 6.07 Å². The van der Waals surface area contributed by atoms with Crippen molar-refractivity contribution in [2.45, 2.75) is 12.6 Å². The van der Waals surface area contributed by atoms with Crippen LogP contribution < -0.4 is 0 Å². The minimum Gasteiger partial charge on any atom is -0.231 e. The Hall–Kier alpha value is -1.07. The molecule has 62 valence electrons. The van der Waals surface area contributed by atoms with E-state index in [2.05, 4.69) is 0 Å². The van der Waals surface area contributed by atoms with E-state index in [1.807, 2.05) is 0 Å².